The molecule has 1 aliphatic heterocycles. The molecule has 134 valence electrons. The van der Waals surface area contributed by atoms with Crippen LogP contribution in [0.4, 0.5) is 4.39 Å². The zero-order valence-corrected chi connectivity index (χ0v) is 14.9. The van der Waals surface area contributed by atoms with Crippen molar-refractivity contribution in [3.05, 3.63) is 51.7 Å². The third kappa shape index (κ3) is 5.32. The highest BCUT2D eigenvalue weighted by atomic mass is 32.1. The maximum absolute atomic E-state index is 13.7. The van der Waals surface area contributed by atoms with Crippen LogP contribution in [0.1, 0.15) is 27.5 Å². The average Bonchev–Trinajstić information content (AvgIpc) is 3.10. The first-order chi connectivity index (χ1) is 12.2. The van der Waals surface area contributed by atoms with E-state index in [2.05, 4.69) is 20.5 Å². The minimum atomic E-state index is -0.239. The molecular weight excluding hydrogens is 339 g/mol. The van der Waals surface area contributed by atoms with Gasteiger partial charge < -0.3 is 15.5 Å². The number of rotatable bonds is 7. The van der Waals surface area contributed by atoms with Crippen molar-refractivity contribution in [1.82, 2.24) is 20.5 Å². The maximum Gasteiger partial charge on any atom is 0.270 e. The van der Waals surface area contributed by atoms with E-state index < -0.39 is 0 Å². The van der Waals surface area contributed by atoms with Crippen molar-refractivity contribution in [2.45, 2.75) is 12.8 Å². The first kappa shape index (κ1) is 18.0. The second kappa shape index (κ2) is 9.03. The minimum Gasteiger partial charge on any atom is -0.351 e. The molecule has 1 amide bonds. The van der Waals surface area contributed by atoms with Gasteiger partial charge in [0, 0.05) is 44.5 Å². The molecule has 5 nitrogen and oxygen atoms in total. The summed E-state index contributed by atoms with van der Waals surface area (Å²) in [5.74, 6) is -0.395. The van der Waals surface area contributed by atoms with Gasteiger partial charge in [-0.25, -0.2) is 9.37 Å². The van der Waals surface area contributed by atoms with Crippen molar-refractivity contribution >= 4 is 17.2 Å². The van der Waals surface area contributed by atoms with Gasteiger partial charge in [0.25, 0.3) is 5.91 Å². The molecule has 2 N–H and O–H groups in total. The maximum atomic E-state index is 13.7. The van der Waals surface area contributed by atoms with Crippen LogP contribution in [-0.2, 0) is 6.42 Å². The summed E-state index contributed by atoms with van der Waals surface area (Å²) in [5.41, 5.74) is 1.01. The van der Waals surface area contributed by atoms with Crippen molar-refractivity contribution in [1.29, 1.82) is 0 Å². The SMILES string of the molecule is O=C(NCCCN1CCNCC1)c1csc(Cc2ccccc2F)n1. The molecule has 1 fully saturated rings. The third-order valence-corrected chi connectivity index (χ3v) is 5.08. The highest BCUT2D eigenvalue weighted by Gasteiger charge is 2.13. The smallest absolute Gasteiger partial charge is 0.270 e. The van der Waals surface area contributed by atoms with E-state index in [0.29, 0.717) is 24.2 Å². The number of amides is 1. The number of nitrogens with zero attached hydrogens (tertiary/aromatic N) is 2. The summed E-state index contributed by atoms with van der Waals surface area (Å²) < 4.78 is 13.7. The summed E-state index contributed by atoms with van der Waals surface area (Å²) in [4.78, 5) is 18.9. The molecule has 0 atom stereocenters. The molecule has 7 heteroatoms. The number of halogens is 1. The lowest BCUT2D eigenvalue weighted by molar-refractivity contribution is 0.0947. The van der Waals surface area contributed by atoms with E-state index in [9.17, 15) is 9.18 Å². The first-order valence-electron chi connectivity index (χ1n) is 8.61. The number of nitrogens with one attached hydrogen (secondary N) is 2. The van der Waals surface area contributed by atoms with E-state index in [4.69, 9.17) is 0 Å². The second-order valence-electron chi connectivity index (χ2n) is 6.10. The van der Waals surface area contributed by atoms with Crippen molar-refractivity contribution < 1.29 is 9.18 Å². The Balaban J connectivity index is 1.43. The van der Waals surface area contributed by atoms with Crippen LogP contribution < -0.4 is 10.6 Å². The molecule has 2 heterocycles. The van der Waals surface area contributed by atoms with Crippen LogP contribution in [0.3, 0.4) is 0 Å². The summed E-state index contributed by atoms with van der Waals surface area (Å²) in [7, 11) is 0. The van der Waals surface area contributed by atoms with Crippen LogP contribution in [0.5, 0.6) is 0 Å². The number of hydrogen-bond donors (Lipinski definition) is 2. The normalized spacial score (nSPS) is 15.2. The quantitative estimate of drug-likeness (QED) is 0.739. The fraction of sp³-hybridized carbons (Fsp3) is 0.444. The van der Waals surface area contributed by atoms with E-state index in [1.807, 2.05) is 0 Å². The number of benzene rings is 1. The molecule has 0 saturated carbocycles. The van der Waals surface area contributed by atoms with Crippen LogP contribution in [0, 0.1) is 5.82 Å². The summed E-state index contributed by atoms with van der Waals surface area (Å²) >= 11 is 1.39. The van der Waals surface area contributed by atoms with E-state index in [1.165, 1.54) is 17.4 Å². The molecule has 1 saturated heterocycles. The Bertz CT molecular complexity index is 700. The molecule has 3 rings (SSSR count). The fourth-order valence-corrected chi connectivity index (χ4v) is 3.63. The van der Waals surface area contributed by atoms with E-state index in [0.717, 1.165) is 44.2 Å². The number of carbonyl (C=O) groups is 1. The predicted octanol–water partition coefficient (Wildman–Crippen LogP) is 1.90. The van der Waals surface area contributed by atoms with Gasteiger partial charge in [0.2, 0.25) is 0 Å². The number of thiazole rings is 1. The Kier molecular flexibility index (Phi) is 6.49. The number of piperazine rings is 1. The molecular formula is C18H23FN4OS. The second-order valence-corrected chi connectivity index (χ2v) is 7.04. The van der Waals surface area contributed by atoms with E-state index >= 15 is 0 Å². The zero-order chi connectivity index (χ0) is 17.5. The van der Waals surface area contributed by atoms with Crippen LogP contribution in [0.25, 0.3) is 0 Å². The molecule has 0 unspecified atom stereocenters. The van der Waals surface area contributed by atoms with Gasteiger partial charge in [-0.2, -0.15) is 0 Å². The lowest BCUT2D eigenvalue weighted by Gasteiger charge is -2.26. The lowest BCUT2D eigenvalue weighted by Crippen LogP contribution is -2.44. The van der Waals surface area contributed by atoms with E-state index in [-0.39, 0.29) is 11.7 Å². The van der Waals surface area contributed by atoms with Gasteiger partial charge in [-0.1, -0.05) is 18.2 Å². The molecule has 0 spiro atoms. The molecule has 1 aromatic carbocycles. The summed E-state index contributed by atoms with van der Waals surface area (Å²) in [6.45, 7) is 5.85. The lowest BCUT2D eigenvalue weighted by atomic mass is 10.1. The van der Waals surface area contributed by atoms with Gasteiger partial charge in [-0.05, 0) is 24.6 Å². The summed E-state index contributed by atoms with van der Waals surface area (Å²) in [6, 6.07) is 6.65. The third-order valence-electron chi connectivity index (χ3n) is 4.23. The molecule has 1 aromatic heterocycles. The molecule has 0 bridgehead atoms. The Morgan fingerprint density at radius 2 is 2.12 bits per heavy atom. The molecule has 2 aromatic rings. The number of aromatic nitrogens is 1. The van der Waals surface area contributed by atoms with Crippen molar-refractivity contribution in [2.24, 2.45) is 0 Å². The Morgan fingerprint density at radius 1 is 1.32 bits per heavy atom. The Labute approximate surface area is 151 Å². The fourth-order valence-electron chi connectivity index (χ4n) is 2.83. The highest BCUT2D eigenvalue weighted by Crippen LogP contribution is 2.17. The van der Waals surface area contributed by atoms with Crippen molar-refractivity contribution in [3.8, 4) is 0 Å². The van der Waals surface area contributed by atoms with Gasteiger partial charge in [0.1, 0.15) is 11.5 Å². The van der Waals surface area contributed by atoms with Gasteiger partial charge in [-0.3, -0.25) is 4.79 Å². The van der Waals surface area contributed by atoms with Gasteiger partial charge in [0.15, 0.2) is 0 Å². The monoisotopic (exact) mass is 362 g/mol. The van der Waals surface area contributed by atoms with Crippen LogP contribution >= 0.6 is 11.3 Å². The predicted molar refractivity (Wildman–Crippen MR) is 97.6 cm³/mol. The van der Waals surface area contributed by atoms with Crippen LogP contribution in [-0.4, -0.2) is 55.1 Å². The average molecular weight is 362 g/mol. The molecule has 1 aliphatic rings. The zero-order valence-electron chi connectivity index (χ0n) is 14.1. The largest absolute Gasteiger partial charge is 0.351 e. The molecule has 0 radical (unpaired) electrons. The Morgan fingerprint density at radius 3 is 2.92 bits per heavy atom. The molecule has 0 aliphatic carbocycles. The van der Waals surface area contributed by atoms with Gasteiger partial charge >= 0.3 is 0 Å². The van der Waals surface area contributed by atoms with Crippen molar-refractivity contribution in [3.63, 3.8) is 0 Å². The number of carbonyl (C=O) groups excluding carboxylic acids is 1. The van der Waals surface area contributed by atoms with Crippen LogP contribution in [0.2, 0.25) is 0 Å². The summed E-state index contributed by atoms with van der Waals surface area (Å²) in [5, 5.41) is 8.73. The topological polar surface area (TPSA) is 57.3 Å². The van der Waals surface area contributed by atoms with Crippen LogP contribution in [0.15, 0.2) is 29.6 Å². The molecule has 25 heavy (non-hydrogen) atoms. The van der Waals surface area contributed by atoms with Gasteiger partial charge in [-0.15, -0.1) is 11.3 Å². The van der Waals surface area contributed by atoms with Gasteiger partial charge in [0.05, 0.1) is 5.01 Å². The van der Waals surface area contributed by atoms with Crippen molar-refractivity contribution in [2.75, 3.05) is 39.3 Å². The Hall–Kier alpha value is -1.83. The standard InChI is InChI=1S/C18H23FN4OS/c19-15-5-2-1-4-14(15)12-17-22-16(13-25-17)18(24)21-6-3-9-23-10-7-20-8-11-23/h1-2,4-5,13,20H,3,6-12H2,(H,21,24). The first-order valence-corrected chi connectivity index (χ1v) is 9.49. The number of hydrogen-bond acceptors (Lipinski definition) is 5. The minimum absolute atomic E-state index is 0.156. The summed E-state index contributed by atoms with van der Waals surface area (Å²) in [6.07, 6.45) is 1.34. The van der Waals surface area contributed by atoms with E-state index in [1.54, 1.807) is 23.6 Å². The highest BCUT2D eigenvalue weighted by molar-refractivity contribution is 7.09.